The second-order valence-electron chi connectivity index (χ2n) is 3.51. The molecule has 0 aliphatic rings. The fourth-order valence-corrected chi connectivity index (χ4v) is 1.20. The molecule has 1 N–H and O–H groups in total. The molecule has 0 unspecified atom stereocenters. The topological polar surface area (TPSA) is 46.5 Å². The monoisotopic (exact) mass is 208 g/mol. The zero-order valence-corrected chi connectivity index (χ0v) is 8.90. The van der Waals surface area contributed by atoms with Gasteiger partial charge < -0.3 is 9.84 Å². The van der Waals surface area contributed by atoms with Crippen LogP contribution in [0.1, 0.15) is 24.8 Å². The average Bonchev–Trinajstić information content (AvgIpc) is 2.20. The van der Waals surface area contributed by atoms with Gasteiger partial charge in [0.1, 0.15) is 5.75 Å². The minimum absolute atomic E-state index is 0.220. The number of hydrogen-bond acceptors (Lipinski definition) is 2. The second kappa shape index (κ2) is 6.06. The first-order valence-electron chi connectivity index (χ1n) is 5.10. The van der Waals surface area contributed by atoms with Crippen LogP contribution in [0.3, 0.4) is 0 Å². The molecule has 3 nitrogen and oxygen atoms in total. The lowest BCUT2D eigenvalue weighted by Gasteiger charge is -2.05. The molecule has 82 valence electrons. The number of hydrogen-bond donors (Lipinski definition) is 1. The summed E-state index contributed by atoms with van der Waals surface area (Å²) >= 11 is 0. The maximum Gasteiger partial charge on any atom is 0.303 e. The number of carbonyl (C=O) groups is 1. The van der Waals surface area contributed by atoms with E-state index in [9.17, 15) is 4.79 Å². The van der Waals surface area contributed by atoms with Crippen molar-refractivity contribution < 1.29 is 14.6 Å². The fourth-order valence-electron chi connectivity index (χ4n) is 1.20. The Balaban J connectivity index is 2.15. The zero-order chi connectivity index (χ0) is 11.1. The van der Waals surface area contributed by atoms with Crippen LogP contribution < -0.4 is 4.74 Å². The van der Waals surface area contributed by atoms with E-state index in [-0.39, 0.29) is 6.42 Å². The van der Waals surface area contributed by atoms with Gasteiger partial charge in [0.25, 0.3) is 0 Å². The summed E-state index contributed by atoms with van der Waals surface area (Å²) < 4.78 is 5.45. The van der Waals surface area contributed by atoms with E-state index in [1.807, 2.05) is 31.2 Å². The molecule has 0 aliphatic carbocycles. The first-order chi connectivity index (χ1) is 7.18. The minimum atomic E-state index is -0.745. The van der Waals surface area contributed by atoms with Crippen LogP contribution in [0.4, 0.5) is 0 Å². The summed E-state index contributed by atoms with van der Waals surface area (Å²) in [4.78, 5) is 10.2. The Labute approximate surface area is 89.7 Å². The molecule has 0 saturated carbocycles. The highest BCUT2D eigenvalue weighted by atomic mass is 16.5. The first-order valence-corrected chi connectivity index (χ1v) is 5.10. The van der Waals surface area contributed by atoms with E-state index in [0.717, 1.165) is 12.2 Å². The van der Waals surface area contributed by atoms with Gasteiger partial charge in [-0.2, -0.15) is 0 Å². The van der Waals surface area contributed by atoms with Crippen LogP contribution in [0.25, 0.3) is 0 Å². The van der Waals surface area contributed by atoms with Crippen molar-refractivity contribution in [3.05, 3.63) is 29.8 Å². The third-order valence-corrected chi connectivity index (χ3v) is 2.07. The SMILES string of the molecule is Cc1ccc(OCCCCC(=O)O)cc1. The molecule has 0 bridgehead atoms. The molecule has 1 rings (SSSR count). The molecule has 0 aliphatic heterocycles. The number of carboxylic acid groups (broad SMARTS) is 1. The number of benzene rings is 1. The van der Waals surface area contributed by atoms with Crippen molar-refractivity contribution >= 4 is 5.97 Å². The van der Waals surface area contributed by atoms with Crippen molar-refractivity contribution in [1.82, 2.24) is 0 Å². The van der Waals surface area contributed by atoms with Gasteiger partial charge in [0.15, 0.2) is 0 Å². The van der Waals surface area contributed by atoms with Crippen LogP contribution in [0, 0.1) is 6.92 Å². The second-order valence-corrected chi connectivity index (χ2v) is 3.51. The van der Waals surface area contributed by atoms with Gasteiger partial charge in [0.05, 0.1) is 6.61 Å². The summed E-state index contributed by atoms with van der Waals surface area (Å²) in [6.07, 6.45) is 1.67. The maximum atomic E-state index is 10.2. The Bertz CT molecular complexity index is 303. The number of aliphatic carboxylic acids is 1. The summed E-state index contributed by atoms with van der Waals surface area (Å²) in [6, 6.07) is 7.83. The Morgan fingerprint density at radius 3 is 2.53 bits per heavy atom. The van der Waals surface area contributed by atoms with Gasteiger partial charge in [0, 0.05) is 6.42 Å². The van der Waals surface area contributed by atoms with Gasteiger partial charge in [-0.3, -0.25) is 4.79 Å². The molecule has 0 fully saturated rings. The summed E-state index contributed by atoms with van der Waals surface area (Å²) in [5.74, 6) is 0.0984. The molecule has 0 aromatic heterocycles. The Morgan fingerprint density at radius 1 is 1.27 bits per heavy atom. The summed E-state index contributed by atoms with van der Waals surface area (Å²) in [5.41, 5.74) is 1.20. The van der Waals surface area contributed by atoms with Gasteiger partial charge in [-0.15, -0.1) is 0 Å². The Morgan fingerprint density at radius 2 is 1.93 bits per heavy atom. The van der Waals surface area contributed by atoms with E-state index in [0.29, 0.717) is 13.0 Å². The standard InChI is InChI=1S/C12H16O3/c1-10-5-7-11(8-6-10)15-9-3-2-4-12(13)14/h5-8H,2-4,9H2,1H3,(H,13,14). The molecule has 1 aromatic rings. The maximum absolute atomic E-state index is 10.2. The zero-order valence-electron chi connectivity index (χ0n) is 8.90. The van der Waals surface area contributed by atoms with Crippen molar-refractivity contribution in [2.45, 2.75) is 26.2 Å². The summed E-state index contributed by atoms with van der Waals surface area (Å²) in [6.45, 7) is 2.60. The molecule has 0 spiro atoms. The molecule has 0 amide bonds. The highest BCUT2D eigenvalue weighted by Gasteiger charge is 1.97. The van der Waals surface area contributed by atoms with E-state index in [4.69, 9.17) is 9.84 Å². The van der Waals surface area contributed by atoms with E-state index in [1.165, 1.54) is 5.56 Å². The molecule has 1 aromatic carbocycles. The van der Waals surface area contributed by atoms with E-state index in [2.05, 4.69) is 0 Å². The molecule has 0 atom stereocenters. The van der Waals surface area contributed by atoms with Crippen molar-refractivity contribution in [3.63, 3.8) is 0 Å². The molecule has 0 saturated heterocycles. The normalized spacial score (nSPS) is 9.93. The predicted octanol–water partition coefficient (Wildman–Crippen LogP) is 2.63. The minimum Gasteiger partial charge on any atom is -0.494 e. The van der Waals surface area contributed by atoms with Crippen LogP contribution in [0.2, 0.25) is 0 Å². The smallest absolute Gasteiger partial charge is 0.303 e. The lowest BCUT2D eigenvalue weighted by molar-refractivity contribution is -0.137. The molecular weight excluding hydrogens is 192 g/mol. The predicted molar refractivity (Wildman–Crippen MR) is 58.2 cm³/mol. The van der Waals surface area contributed by atoms with Gasteiger partial charge >= 0.3 is 5.97 Å². The molecule has 0 radical (unpaired) electrons. The van der Waals surface area contributed by atoms with Crippen LogP contribution >= 0.6 is 0 Å². The Kier molecular flexibility index (Phi) is 4.68. The molecular formula is C12H16O3. The van der Waals surface area contributed by atoms with Crippen molar-refractivity contribution in [1.29, 1.82) is 0 Å². The average molecular weight is 208 g/mol. The summed E-state index contributed by atoms with van der Waals surface area (Å²) in [5, 5.41) is 8.42. The quantitative estimate of drug-likeness (QED) is 0.731. The lowest BCUT2D eigenvalue weighted by atomic mass is 10.2. The van der Waals surface area contributed by atoms with Crippen LogP contribution in [-0.2, 0) is 4.79 Å². The summed E-state index contributed by atoms with van der Waals surface area (Å²) in [7, 11) is 0. The van der Waals surface area contributed by atoms with E-state index >= 15 is 0 Å². The van der Waals surface area contributed by atoms with Crippen molar-refractivity contribution in [3.8, 4) is 5.75 Å². The number of rotatable bonds is 6. The number of carboxylic acids is 1. The van der Waals surface area contributed by atoms with Crippen LogP contribution in [-0.4, -0.2) is 17.7 Å². The highest BCUT2D eigenvalue weighted by molar-refractivity contribution is 5.66. The fraction of sp³-hybridized carbons (Fsp3) is 0.417. The van der Waals surface area contributed by atoms with Crippen molar-refractivity contribution in [2.24, 2.45) is 0 Å². The third-order valence-electron chi connectivity index (χ3n) is 2.07. The third kappa shape index (κ3) is 5.05. The van der Waals surface area contributed by atoms with E-state index in [1.54, 1.807) is 0 Å². The highest BCUT2D eigenvalue weighted by Crippen LogP contribution is 2.11. The molecule has 0 heterocycles. The number of ether oxygens (including phenoxy) is 1. The van der Waals surface area contributed by atoms with Gasteiger partial charge in [0.2, 0.25) is 0 Å². The molecule has 3 heteroatoms. The molecule has 15 heavy (non-hydrogen) atoms. The first kappa shape index (κ1) is 11.6. The van der Waals surface area contributed by atoms with Gasteiger partial charge in [-0.05, 0) is 31.9 Å². The van der Waals surface area contributed by atoms with Crippen LogP contribution in [0.15, 0.2) is 24.3 Å². The van der Waals surface area contributed by atoms with Crippen molar-refractivity contribution in [2.75, 3.05) is 6.61 Å². The van der Waals surface area contributed by atoms with Gasteiger partial charge in [-0.25, -0.2) is 0 Å². The number of unbranched alkanes of at least 4 members (excludes halogenated alkanes) is 1. The largest absolute Gasteiger partial charge is 0.494 e. The Hall–Kier alpha value is -1.51. The lowest BCUT2D eigenvalue weighted by Crippen LogP contribution is -2.00. The van der Waals surface area contributed by atoms with Gasteiger partial charge in [-0.1, -0.05) is 17.7 Å². The van der Waals surface area contributed by atoms with Crippen LogP contribution in [0.5, 0.6) is 5.75 Å². The van der Waals surface area contributed by atoms with E-state index < -0.39 is 5.97 Å². The number of aryl methyl sites for hydroxylation is 1.